The molecule has 0 aliphatic heterocycles. The van der Waals surface area contributed by atoms with Gasteiger partial charge in [0.25, 0.3) is 0 Å². The SMILES string of the molecule is CCN(Cc1ccccc1)C(=O)CNCc1ccc(OC)cc1. The van der Waals surface area contributed by atoms with E-state index < -0.39 is 0 Å². The van der Waals surface area contributed by atoms with E-state index in [-0.39, 0.29) is 5.91 Å². The van der Waals surface area contributed by atoms with Gasteiger partial charge in [-0.05, 0) is 30.2 Å². The number of carbonyl (C=O) groups excluding carboxylic acids is 1. The van der Waals surface area contributed by atoms with Crippen LogP contribution in [0.1, 0.15) is 18.1 Å². The number of carbonyl (C=O) groups is 1. The molecule has 4 heteroatoms. The summed E-state index contributed by atoms with van der Waals surface area (Å²) in [5.41, 5.74) is 2.28. The highest BCUT2D eigenvalue weighted by Crippen LogP contribution is 2.11. The average molecular weight is 312 g/mol. The molecule has 0 aliphatic rings. The van der Waals surface area contributed by atoms with Crippen LogP contribution < -0.4 is 10.1 Å². The number of likely N-dealkylation sites (N-methyl/N-ethyl adjacent to an activating group) is 1. The summed E-state index contributed by atoms with van der Waals surface area (Å²) in [5.74, 6) is 0.953. The van der Waals surface area contributed by atoms with E-state index in [1.807, 2.05) is 66.4 Å². The minimum absolute atomic E-state index is 0.116. The summed E-state index contributed by atoms with van der Waals surface area (Å²) in [5, 5.41) is 3.21. The summed E-state index contributed by atoms with van der Waals surface area (Å²) in [6.07, 6.45) is 0. The van der Waals surface area contributed by atoms with E-state index in [2.05, 4.69) is 5.32 Å². The number of benzene rings is 2. The van der Waals surface area contributed by atoms with E-state index in [4.69, 9.17) is 4.74 Å². The van der Waals surface area contributed by atoms with Gasteiger partial charge in [0.2, 0.25) is 5.91 Å². The predicted octanol–water partition coefficient (Wildman–Crippen LogP) is 2.83. The van der Waals surface area contributed by atoms with Gasteiger partial charge in [0.1, 0.15) is 5.75 Å². The third-order valence-electron chi connectivity index (χ3n) is 3.72. The van der Waals surface area contributed by atoms with Gasteiger partial charge in [-0.25, -0.2) is 0 Å². The molecule has 2 rings (SSSR count). The van der Waals surface area contributed by atoms with Crippen molar-refractivity contribution in [3.05, 3.63) is 65.7 Å². The Balaban J connectivity index is 1.80. The summed E-state index contributed by atoms with van der Waals surface area (Å²) in [6.45, 7) is 4.37. The van der Waals surface area contributed by atoms with E-state index in [1.54, 1.807) is 7.11 Å². The molecule has 0 radical (unpaired) electrons. The van der Waals surface area contributed by atoms with Gasteiger partial charge in [0.05, 0.1) is 13.7 Å². The van der Waals surface area contributed by atoms with Gasteiger partial charge < -0.3 is 15.0 Å². The second kappa shape index (κ2) is 8.96. The van der Waals surface area contributed by atoms with Crippen LogP contribution in [0.5, 0.6) is 5.75 Å². The van der Waals surface area contributed by atoms with E-state index in [1.165, 1.54) is 0 Å². The summed E-state index contributed by atoms with van der Waals surface area (Å²) in [6, 6.07) is 17.9. The van der Waals surface area contributed by atoms with Crippen LogP contribution in [0, 0.1) is 0 Å². The topological polar surface area (TPSA) is 41.6 Å². The molecule has 0 aliphatic carbocycles. The molecular formula is C19H24N2O2. The first-order chi connectivity index (χ1) is 11.2. The average Bonchev–Trinajstić information content (AvgIpc) is 2.61. The molecule has 0 fully saturated rings. The lowest BCUT2D eigenvalue weighted by Crippen LogP contribution is -2.37. The van der Waals surface area contributed by atoms with Gasteiger partial charge in [0.15, 0.2) is 0 Å². The Kier molecular flexibility index (Phi) is 6.63. The van der Waals surface area contributed by atoms with Crippen molar-refractivity contribution >= 4 is 5.91 Å². The molecule has 1 N–H and O–H groups in total. The molecule has 0 spiro atoms. The van der Waals surface area contributed by atoms with Gasteiger partial charge in [-0.2, -0.15) is 0 Å². The van der Waals surface area contributed by atoms with Crippen molar-refractivity contribution in [1.82, 2.24) is 10.2 Å². The Morgan fingerprint density at radius 3 is 2.35 bits per heavy atom. The fourth-order valence-electron chi connectivity index (χ4n) is 2.35. The Hall–Kier alpha value is -2.33. The van der Waals surface area contributed by atoms with Crippen LogP contribution in [-0.2, 0) is 17.9 Å². The molecule has 0 aromatic heterocycles. The third kappa shape index (κ3) is 5.42. The molecule has 0 atom stereocenters. The fraction of sp³-hybridized carbons (Fsp3) is 0.316. The highest BCUT2D eigenvalue weighted by atomic mass is 16.5. The Labute approximate surface area is 138 Å². The van der Waals surface area contributed by atoms with Crippen LogP contribution in [-0.4, -0.2) is 31.0 Å². The standard InChI is InChI=1S/C19H24N2O2/c1-3-21(15-17-7-5-4-6-8-17)19(22)14-20-13-16-9-11-18(23-2)12-10-16/h4-12,20H,3,13-15H2,1-2H3. The summed E-state index contributed by atoms with van der Waals surface area (Å²) < 4.78 is 5.13. The summed E-state index contributed by atoms with van der Waals surface area (Å²) >= 11 is 0. The largest absolute Gasteiger partial charge is 0.497 e. The van der Waals surface area contributed by atoms with E-state index >= 15 is 0 Å². The Bertz CT molecular complexity index is 597. The first-order valence-corrected chi connectivity index (χ1v) is 7.88. The van der Waals surface area contributed by atoms with Crippen LogP contribution in [0.15, 0.2) is 54.6 Å². The van der Waals surface area contributed by atoms with Gasteiger partial charge in [-0.3, -0.25) is 4.79 Å². The number of hydrogen-bond acceptors (Lipinski definition) is 3. The zero-order valence-corrected chi connectivity index (χ0v) is 13.8. The number of nitrogens with one attached hydrogen (secondary N) is 1. The number of amides is 1. The van der Waals surface area contributed by atoms with Crippen LogP contribution in [0.2, 0.25) is 0 Å². The molecule has 2 aromatic carbocycles. The third-order valence-corrected chi connectivity index (χ3v) is 3.72. The Morgan fingerprint density at radius 1 is 1.04 bits per heavy atom. The van der Waals surface area contributed by atoms with Crippen LogP contribution in [0.3, 0.4) is 0 Å². The van der Waals surface area contributed by atoms with Crippen molar-refractivity contribution in [2.24, 2.45) is 0 Å². The highest BCUT2D eigenvalue weighted by Gasteiger charge is 2.11. The summed E-state index contributed by atoms with van der Waals surface area (Å²) in [7, 11) is 1.65. The van der Waals surface area contributed by atoms with Crippen molar-refractivity contribution in [3.8, 4) is 5.75 Å². The lowest BCUT2D eigenvalue weighted by atomic mass is 10.2. The molecule has 0 saturated carbocycles. The van der Waals surface area contributed by atoms with Gasteiger partial charge in [0, 0.05) is 19.6 Å². The molecule has 0 bridgehead atoms. The van der Waals surface area contributed by atoms with E-state index in [9.17, 15) is 4.79 Å². The van der Waals surface area contributed by atoms with Crippen LogP contribution in [0.25, 0.3) is 0 Å². The maximum Gasteiger partial charge on any atom is 0.236 e. The molecule has 2 aromatic rings. The maximum absolute atomic E-state index is 12.3. The molecule has 23 heavy (non-hydrogen) atoms. The minimum Gasteiger partial charge on any atom is -0.497 e. The van der Waals surface area contributed by atoms with Crippen molar-refractivity contribution in [1.29, 1.82) is 0 Å². The number of methoxy groups -OCH3 is 1. The quantitative estimate of drug-likeness (QED) is 0.815. The first kappa shape index (κ1) is 17.0. The lowest BCUT2D eigenvalue weighted by molar-refractivity contribution is -0.130. The molecule has 0 unspecified atom stereocenters. The molecular weight excluding hydrogens is 288 g/mol. The van der Waals surface area contributed by atoms with Crippen molar-refractivity contribution < 1.29 is 9.53 Å². The monoisotopic (exact) mass is 312 g/mol. The number of ether oxygens (including phenoxy) is 1. The van der Waals surface area contributed by atoms with Crippen LogP contribution in [0.4, 0.5) is 0 Å². The van der Waals surface area contributed by atoms with Crippen molar-refractivity contribution in [3.63, 3.8) is 0 Å². The van der Waals surface area contributed by atoms with E-state index in [0.717, 1.165) is 16.9 Å². The maximum atomic E-state index is 12.3. The molecule has 1 amide bonds. The normalized spacial score (nSPS) is 10.3. The first-order valence-electron chi connectivity index (χ1n) is 7.88. The Morgan fingerprint density at radius 2 is 1.74 bits per heavy atom. The molecule has 0 saturated heterocycles. The predicted molar refractivity (Wildman–Crippen MR) is 92.2 cm³/mol. The number of hydrogen-bond donors (Lipinski definition) is 1. The van der Waals surface area contributed by atoms with Crippen molar-refractivity contribution in [2.45, 2.75) is 20.0 Å². The molecule has 122 valence electrons. The van der Waals surface area contributed by atoms with Crippen molar-refractivity contribution in [2.75, 3.05) is 20.2 Å². The smallest absolute Gasteiger partial charge is 0.236 e. The van der Waals surface area contributed by atoms with Crippen LogP contribution >= 0.6 is 0 Å². The lowest BCUT2D eigenvalue weighted by Gasteiger charge is -2.21. The highest BCUT2D eigenvalue weighted by molar-refractivity contribution is 5.78. The number of rotatable bonds is 8. The minimum atomic E-state index is 0.116. The van der Waals surface area contributed by atoms with Gasteiger partial charge in [-0.1, -0.05) is 42.5 Å². The van der Waals surface area contributed by atoms with E-state index in [0.29, 0.717) is 26.2 Å². The second-order valence-electron chi connectivity index (χ2n) is 5.35. The second-order valence-corrected chi connectivity index (χ2v) is 5.35. The zero-order valence-electron chi connectivity index (χ0n) is 13.8. The number of nitrogens with zero attached hydrogens (tertiary/aromatic N) is 1. The van der Waals surface area contributed by atoms with Gasteiger partial charge >= 0.3 is 0 Å². The molecule has 4 nitrogen and oxygen atoms in total. The molecule has 0 heterocycles. The van der Waals surface area contributed by atoms with Gasteiger partial charge in [-0.15, -0.1) is 0 Å². The zero-order chi connectivity index (χ0) is 16.5. The summed E-state index contributed by atoms with van der Waals surface area (Å²) in [4.78, 5) is 14.2. The fourth-order valence-corrected chi connectivity index (χ4v) is 2.35.